The fraction of sp³-hybridized carbons (Fsp3) is 0.133. The van der Waals surface area contributed by atoms with E-state index in [1.54, 1.807) is 0 Å². The van der Waals surface area contributed by atoms with Crippen molar-refractivity contribution < 1.29 is 22.3 Å². The van der Waals surface area contributed by atoms with Gasteiger partial charge in [-0.05, 0) is 36.4 Å². The van der Waals surface area contributed by atoms with E-state index in [0.29, 0.717) is 9.79 Å². The molecule has 2 aromatic carbocycles. The first-order valence-corrected chi connectivity index (χ1v) is 9.41. The maximum Gasteiger partial charge on any atom is 0.308 e. The number of carbonyl (C=O) groups excluding carboxylic acids is 1. The smallest absolute Gasteiger partial charge is 0.308 e. The fourth-order valence-corrected chi connectivity index (χ4v) is 3.63. The number of benzene rings is 2. The largest absolute Gasteiger partial charge is 0.426 e. The van der Waals surface area contributed by atoms with Crippen molar-refractivity contribution in [1.29, 1.82) is 0 Å². The van der Waals surface area contributed by atoms with Crippen LogP contribution in [0.15, 0.2) is 51.1 Å². The minimum absolute atomic E-state index is 0.0892. The summed E-state index contributed by atoms with van der Waals surface area (Å²) in [4.78, 5) is 12.1. The first kappa shape index (κ1) is 17.8. The minimum Gasteiger partial charge on any atom is -0.426 e. The third kappa shape index (κ3) is 4.70. The molecule has 0 spiro atoms. The van der Waals surface area contributed by atoms with E-state index < -0.39 is 21.6 Å². The SMILES string of the molecule is CC(=O)Oc1ccc(F)cc1Sc1ccc(S(C)(=O)=O)cc1Cl. The highest BCUT2D eigenvalue weighted by Gasteiger charge is 2.14. The molecule has 0 saturated heterocycles. The van der Waals surface area contributed by atoms with Crippen molar-refractivity contribution in [1.82, 2.24) is 0 Å². The Morgan fingerprint density at radius 2 is 1.87 bits per heavy atom. The molecule has 0 atom stereocenters. The molecule has 0 heterocycles. The normalized spacial score (nSPS) is 11.3. The summed E-state index contributed by atoms with van der Waals surface area (Å²) in [6.07, 6.45) is 1.08. The molecular weight excluding hydrogens is 363 g/mol. The molecule has 0 aliphatic rings. The number of hydrogen-bond acceptors (Lipinski definition) is 5. The number of esters is 1. The van der Waals surface area contributed by atoms with Crippen LogP contribution < -0.4 is 4.74 Å². The summed E-state index contributed by atoms with van der Waals surface area (Å²) in [7, 11) is -3.37. The van der Waals surface area contributed by atoms with Crippen molar-refractivity contribution in [2.45, 2.75) is 21.6 Å². The quantitative estimate of drug-likeness (QED) is 0.598. The van der Waals surface area contributed by atoms with Crippen LogP contribution in [0.4, 0.5) is 4.39 Å². The van der Waals surface area contributed by atoms with Crippen LogP contribution in [0.2, 0.25) is 5.02 Å². The lowest BCUT2D eigenvalue weighted by molar-refractivity contribution is -0.132. The minimum atomic E-state index is -3.37. The topological polar surface area (TPSA) is 60.4 Å². The van der Waals surface area contributed by atoms with Gasteiger partial charge in [0.2, 0.25) is 0 Å². The van der Waals surface area contributed by atoms with Gasteiger partial charge in [-0.15, -0.1) is 0 Å². The molecular formula is C15H12ClFO4S2. The summed E-state index contributed by atoms with van der Waals surface area (Å²) in [6.45, 7) is 1.24. The molecule has 23 heavy (non-hydrogen) atoms. The molecule has 122 valence electrons. The standard InChI is InChI=1S/C15H12ClFO4S2/c1-9(18)21-13-5-3-10(17)7-15(13)22-14-6-4-11(8-12(14)16)23(2,19)20/h3-8H,1-2H3. The Labute approximate surface area is 142 Å². The molecule has 0 bridgehead atoms. The number of halogens is 2. The Balaban J connectivity index is 2.39. The Bertz CT molecular complexity index is 866. The summed E-state index contributed by atoms with van der Waals surface area (Å²) in [5.41, 5.74) is 0. The molecule has 0 amide bonds. The van der Waals surface area contributed by atoms with Gasteiger partial charge in [-0.3, -0.25) is 4.79 Å². The maximum absolute atomic E-state index is 13.4. The van der Waals surface area contributed by atoms with Gasteiger partial charge in [-0.2, -0.15) is 0 Å². The first-order chi connectivity index (χ1) is 10.7. The third-order valence-electron chi connectivity index (χ3n) is 2.71. The molecule has 0 fully saturated rings. The Morgan fingerprint density at radius 1 is 1.17 bits per heavy atom. The Hall–Kier alpha value is -1.57. The molecule has 2 aromatic rings. The van der Waals surface area contributed by atoms with Crippen LogP contribution >= 0.6 is 23.4 Å². The molecule has 0 N–H and O–H groups in total. The molecule has 8 heteroatoms. The highest BCUT2D eigenvalue weighted by molar-refractivity contribution is 7.99. The van der Waals surface area contributed by atoms with Crippen molar-refractivity contribution >= 4 is 39.2 Å². The summed E-state index contributed by atoms with van der Waals surface area (Å²) in [6, 6.07) is 7.99. The molecule has 0 radical (unpaired) electrons. The predicted molar refractivity (Wildman–Crippen MR) is 86.4 cm³/mol. The fourth-order valence-electron chi connectivity index (χ4n) is 1.71. The predicted octanol–water partition coefficient (Wildman–Crippen LogP) is 3.96. The Morgan fingerprint density at radius 3 is 2.43 bits per heavy atom. The molecule has 0 aliphatic carbocycles. The van der Waals surface area contributed by atoms with Gasteiger partial charge in [-0.1, -0.05) is 23.4 Å². The van der Waals surface area contributed by atoms with E-state index in [0.717, 1.165) is 18.0 Å². The number of rotatable bonds is 4. The van der Waals surface area contributed by atoms with Crippen LogP contribution in [0.3, 0.4) is 0 Å². The van der Waals surface area contributed by atoms with Gasteiger partial charge < -0.3 is 4.74 Å². The van der Waals surface area contributed by atoms with Gasteiger partial charge in [0.05, 0.1) is 14.8 Å². The maximum atomic E-state index is 13.4. The van der Waals surface area contributed by atoms with E-state index in [4.69, 9.17) is 16.3 Å². The first-order valence-electron chi connectivity index (χ1n) is 6.32. The van der Waals surface area contributed by atoms with Gasteiger partial charge in [0, 0.05) is 18.1 Å². The summed E-state index contributed by atoms with van der Waals surface area (Å²) < 4.78 is 41.5. The molecule has 0 aromatic heterocycles. The zero-order valence-electron chi connectivity index (χ0n) is 12.2. The van der Waals surface area contributed by atoms with E-state index in [-0.39, 0.29) is 15.7 Å². The van der Waals surface area contributed by atoms with E-state index in [9.17, 15) is 17.6 Å². The molecule has 0 aliphatic heterocycles. The van der Waals surface area contributed by atoms with Crippen molar-refractivity contribution in [3.63, 3.8) is 0 Å². The summed E-state index contributed by atoms with van der Waals surface area (Å²) in [5, 5.41) is 0.205. The Kier molecular flexibility index (Phi) is 5.33. The van der Waals surface area contributed by atoms with E-state index in [1.165, 1.54) is 43.3 Å². The lowest BCUT2D eigenvalue weighted by atomic mass is 10.3. The van der Waals surface area contributed by atoms with Gasteiger partial charge in [-0.25, -0.2) is 12.8 Å². The zero-order valence-corrected chi connectivity index (χ0v) is 14.6. The monoisotopic (exact) mass is 374 g/mol. The van der Waals surface area contributed by atoms with E-state index >= 15 is 0 Å². The van der Waals surface area contributed by atoms with Crippen LogP contribution in [0, 0.1) is 5.82 Å². The van der Waals surface area contributed by atoms with Crippen LogP contribution in [-0.2, 0) is 14.6 Å². The van der Waals surface area contributed by atoms with Gasteiger partial charge in [0.25, 0.3) is 0 Å². The number of ether oxygens (including phenoxy) is 1. The van der Waals surface area contributed by atoms with Crippen molar-refractivity contribution in [3.05, 3.63) is 47.2 Å². The highest BCUT2D eigenvalue weighted by atomic mass is 35.5. The number of hydrogen-bond donors (Lipinski definition) is 0. The molecule has 0 saturated carbocycles. The molecule has 2 rings (SSSR count). The van der Waals surface area contributed by atoms with Crippen molar-refractivity contribution in [2.75, 3.05) is 6.26 Å². The lowest BCUT2D eigenvalue weighted by Gasteiger charge is -2.10. The van der Waals surface area contributed by atoms with Crippen LogP contribution in [0.5, 0.6) is 5.75 Å². The van der Waals surface area contributed by atoms with E-state index in [1.807, 2.05) is 0 Å². The van der Waals surface area contributed by atoms with Crippen molar-refractivity contribution in [3.8, 4) is 5.75 Å². The van der Waals surface area contributed by atoms with Crippen molar-refractivity contribution in [2.24, 2.45) is 0 Å². The third-order valence-corrected chi connectivity index (χ3v) is 5.36. The summed E-state index contributed by atoms with van der Waals surface area (Å²) >= 11 is 7.17. The van der Waals surface area contributed by atoms with Gasteiger partial charge in [0.15, 0.2) is 9.84 Å². The second kappa shape index (κ2) is 6.90. The van der Waals surface area contributed by atoms with Crippen LogP contribution in [-0.4, -0.2) is 20.6 Å². The van der Waals surface area contributed by atoms with Crippen LogP contribution in [0.25, 0.3) is 0 Å². The summed E-state index contributed by atoms with van der Waals surface area (Å²) in [5.74, 6) is -0.823. The van der Waals surface area contributed by atoms with Gasteiger partial charge >= 0.3 is 5.97 Å². The van der Waals surface area contributed by atoms with Crippen LogP contribution in [0.1, 0.15) is 6.92 Å². The molecule has 4 nitrogen and oxygen atoms in total. The number of carbonyl (C=O) groups is 1. The molecule has 0 unspecified atom stereocenters. The van der Waals surface area contributed by atoms with Gasteiger partial charge in [0.1, 0.15) is 11.6 Å². The second-order valence-corrected chi connectivity index (χ2v) is 8.16. The highest BCUT2D eigenvalue weighted by Crippen LogP contribution is 2.39. The number of sulfone groups is 1. The van der Waals surface area contributed by atoms with E-state index in [2.05, 4.69) is 0 Å². The second-order valence-electron chi connectivity index (χ2n) is 4.65. The average Bonchev–Trinajstić information content (AvgIpc) is 2.42. The zero-order chi connectivity index (χ0) is 17.2. The lowest BCUT2D eigenvalue weighted by Crippen LogP contribution is -2.02. The average molecular weight is 375 g/mol.